The topological polar surface area (TPSA) is 46.3 Å². The molecule has 2 N–H and O–H groups in total. The van der Waals surface area contributed by atoms with Crippen molar-refractivity contribution >= 4 is 17.7 Å². The van der Waals surface area contributed by atoms with Crippen molar-refractivity contribution in [1.29, 1.82) is 0 Å². The summed E-state index contributed by atoms with van der Waals surface area (Å²) in [7, 11) is 0. The van der Waals surface area contributed by atoms with Crippen LogP contribution in [0.5, 0.6) is 0 Å². The van der Waals surface area contributed by atoms with Crippen LogP contribution in [0.4, 0.5) is 0 Å². The maximum atomic E-state index is 12.6. The molecule has 3 unspecified atom stereocenters. The van der Waals surface area contributed by atoms with Gasteiger partial charge in [0, 0.05) is 18.6 Å². The summed E-state index contributed by atoms with van der Waals surface area (Å²) in [6.45, 7) is 2.79. The maximum Gasteiger partial charge on any atom is 0.236 e. The van der Waals surface area contributed by atoms with Gasteiger partial charge in [0.1, 0.15) is 0 Å². The molecule has 0 aliphatic carbocycles. The molecule has 0 spiro atoms. The smallest absolute Gasteiger partial charge is 0.236 e. The molecule has 3 atom stereocenters. The fourth-order valence-corrected chi connectivity index (χ4v) is 4.27. The van der Waals surface area contributed by atoms with E-state index >= 15 is 0 Å². The van der Waals surface area contributed by atoms with Crippen LogP contribution in [0.3, 0.4) is 0 Å². The van der Waals surface area contributed by atoms with Gasteiger partial charge in [-0.2, -0.15) is 0 Å². The van der Waals surface area contributed by atoms with Crippen LogP contribution in [0.1, 0.15) is 45.4 Å². The third kappa shape index (κ3) is 2.97. The average Bonchev–Trinajstić information content (AvgIpc) is 2.38. The molecule has 0 saturated carbocycles. The second-order valence-corrected chi connectivity index (χ2v) is 6.58. The summed E-state index contributed by atoms with van der Waals surface area (Å²) >= 11 is 1.85. The van der Waals surface area contributed by atoms with Crippen LogP contribution >= 0.6 is 11.8 Å². The summed E-state index contributed by atoms with van der Waals surface area (Å²) in [5, 5.41) is 0.207. The van der Waals surface area contributed by atoms with Gasteiger partial charge < -0.3 is 10.6 Å². The van der Waals surface area contributed by atoms with E-state index in [0.717, 1.165) is 25.0 Å². The van der Waals surface area contributed by atoms with E-state index in [9.17, 15) is 4.79 Å². The zero-order chi connectivity index (χ0) is 12.3. The SMILES string of the molecule is CC1CCCC(CN)N1C(=O)C1CCCCS1. The highest BCUT2D eigenvalue weighted by Gasteiger charge is 2.35. The summed E-state index contributed by atoms with van der Waals surface area (Å²) in [6, 6.07) is 0.668. The highest BCUT2D eigenvalue weighted by Crippen LogP contribution is 2.30. The molecular formula is C13H24N2OS. The van der Waals surface area contributed by atoms with Gasteiger partial charge in [0.05, 0.1) is 5.25 Å². The monoisotopic (exact) mass is 256 g/mol. The molecule has 17 heavy (non-hydrogen) atoms. The first-order valence-electron chi connectivity index (χ1n) is 6.88. The number of likely N-dealkylation sites (tertiary alicyclic amines) is 1. The van der Waals surface area contributed by atoms with Crippen LogP contribution in [0.25, 0.3) is 0 Å². The molecule has 3 nitrogen and oxygen atoms in total. The standard InChI is InChI=1S/C13H24N2OS/c1-10-5-4-6-11(9-14)15(10)13(16)12-7-2-3-8-17-12/h10-12H,2-9,14H2,1H3. The number of nitrogens with zero attached hydrogens (tertiary/aromatic N) is 1. The van der Waals surface area contributed by atoms with Gasteiger partial charge in [-0.05, 0) is 44.8 Å². The molecular weight excluding hydrogens is 232 g/mol. The number of carbonyl (C=O) groups excluding carboxylic acids is 1. The molecule has 2 fully saturated rings. The molecule has 0 bridgehead atoms. The van der Waals surface area contributed by atoms with E-state index < -0.39 is 0 Å². The lowest BCUT2D eigenvalue weighted by molar-refractivity contribution is -0.137. The van der Waals surface area contributed by atoms with Gasteiger partial charge in [-0.25, -0.2) is 0 Å². The van der Waals surface area contributed by atoms with E-state index in [1.165, 1.54) is 19.3 Å². The zero-order valence-corrected chi connectivity index (χ0v) is 11.5. The first-order valence-corrected chi connectivity index (χ1v) is 7.92. The van der Waals surface area contributed by atoms with Gasteiger partial charge in [-0.3, -0.25) is 4.79 Å². The van der Waals surface area contributed by atoms with Gasteiger partial charge in [0.15, 0.2) is 0 Å². The number of hydrogen-bond donors (Lipinski definition) is 1. The van der Waals surface area contributed by atoms with Gasteiger partial charge in [-0.15, -0.1) is 11.8 Å². The second kappa shape index (κ2) is 6.10. The van der Waals surface area contributed by atoms with Crippen LogP contribution in [0, 0.1) is 0 Å². The number of rotatable bonds is 2. The molecule has 4 heteroatoms. The second-order valence-electron chi connectivity index (χ2n) is 5.27. The average molecular weight is 256 g/mol. The molecule has 2 aliphatic heterocycles. The largest absolute Gasteiger partial charge is 0.335 e. The van der Waals surface area contributed by atoms with Crippen LogP contribution in [0.15, 0.2) is 0 Å². The Morgan fingerprint density at radius 2 is 2.12 bits per heavy atom. The molecule has 2 aliphatic rings. The fourth-order valence-electron chi connectivity index (χ4n) is 3.02. The Balaban J connectivity index is 2.03. The van der Waals surface area contributed by atoms with E-state index in [0.29, 0.717) is 18.5 Å². The van der Waals surface area contributed by atoms with Gasteiger partial charge in [0.25, 0.3) is 0 Å². The van der Waals surface area contributed by atoms with E-state index in [2.05, 4.69) is 11.8 Å². The van der Waals surface area contributed by atoms with E-state index in [4.69, 9.17) is 5.73 Å². The Kier molecular flexibility index (Phi) is 4.74. The van der Waals surface area contributed by atoms with Crippen molar-refractivity contribution in [2.75, 3.05) is 12.3 Å². The molecule has 1 amide bonds. The quantitative estimate of drug-likeness (QED) is 0.822. The minimum absolute atomic E-state index is 0.207. The number of thioether (sulfide) groups is 1. The zero-order valence-electron chi connectivity index (χ0n) is 10.7. The number of piperidine rings is 1. The Morgan fingerprint density at radius 1 is 1.29 bits per heavy atom. The summed E-state index contributed by atoms with van der Waals surface area (Å²) in [5.74, 6) is 1.50. The molecule has 0 aromatic carbocycles. The molecule has 0 radical (unpaired) electrons. The summed E-state index contributed by atoms with van der Waals surface area (Å²) in [4.78, 5) is 14.7. The third-order valence-electron chi connectivity index (χ3n) is 4.01. The highest BCUT2D eigenvalue weighted by atomic mass is 32.2. The van der Waals surface area contributed by atoms with Crippen molar-refractivity contribution in [3.05, 3.63) is 0 Å². The van der Waals surface area contributed by atoms with Crippen molar-refractivity contribution in [3.63, 3.8) is 0 Å². The van der Waals surface area contributed by atoms with Crippen LogP contribution in [0.2, 0.25) is 0 Å². The Morgan fingerprint density at radius 3 is 2.76 bits per heavy atom. The Bertz CT molecular complexity index is 266. The van der Waals surface area contributed by atoms with Gasteiger partial charge in [-0.1, -0.05) is 6.42 Å². The summed E-state index contributed by atoms with van der Waals surface area (Å²) in [5.41, 5.74) is 5.82. The van der Waals surface area contributed by atoms with E-state index in [-0.39, 0.29) is 11.3 Å². The lowest BCUT2D eigenvalue weighted by Gasteiger charge is -2.42. The predicted molar refractivity (Wildman–Crippen MR) is 73.1 cm³/mol. The summed E-state index contributed by atoms with van der Waals surface area (Å²) < 4.78 is 0. The third-order valence-corrected chi connectivity index (χ3v) is 5.37. The van der Waals surface area contributed by atoms with Gasteiger partial charge in [0.2, 0.25) is 5.91 Å². The first kappa shape index (κ1) is 13.2. The molecule has 0 aromatic rings. The minimum Gasteiger partial charge on any atom is -0.335 e. The van der Waals surface area contributed by atoms with Crippen molar-refractivity contribution < 1.29 is 4.79 Å². The normalized spacial score (nSPS) is 34.7. The minimum atomic E-state index is 0.207. The first-order chi connectivity index (χ1) is 8.24. The van der Waals surface area contributed by atoms with Crippen LogP contribution < -0.4 is 5.73 Å². The number of hydrogen-bond acceptors (Lipinski definition) is 3. The molecule has 98 valence electrons. The highest BCUT2D eigenvalue weighted by molar-refractivity contribution is 8.00. The summed E-state index contributed by atoms with van der Waals surface area (Å²) in [6.07, 6.45) is 6.97. The number of nitrogens with two attached hydrogens (primary N) is 1. The van der Waals surface area contributed by atoms with Crippen molar-refractivity contribution in [3.8, 4) is 0 Å². The molecule has 2 heterocycles. The Labute approximate surface area is 108 Å². The lowest BCUT2D eigenvalue weighted by atomic mass is 9.95. The molecule has 2 saturated heterocycles. The van der Waals surface area contributed by atoms with Crippen LogP contribution in [-0.4, -0.2) is 40.4 Å². The lowest BCUT2D eigenvalue weighted by Crippen LogP contribution is -2.54. The number of carbonyl (C=O) groups is 1. The van der Waals surface area contributed by atoms with Crippen molar-refractivity contribution in [2.24, 2.45) is 5.73 Å². The van der Waals surface area contributed by atoms with Crippen molar-refractivity contribution in [1.82, 2.24) is 4.90 Å². The van der Waals surface area contributed by atoms with Crippen LogP contribution in [-0.2, 0) is 4.79 Å². The Hall–Kier alpha value is -0.220. The predicted octanol–water partition coefficient (Wildman–Crippen LogP) is 2.00. The van der Waals surface area contributed by atoms with Crippen molar-refractivity contribution in [2.45, 2.75) is 62.8 Å². The molecule has 0 aromatic heterocycles. The van der Waals surface area contributed by atoms with Gasteiger partial charge >= 0.3 is 0 Å². The van der Waals surface area contributed by atoms with E-state index in [1.807, 2.05) is 11.8 Å². The maximum absolute atomic E-state index is 12.6. The number of amides is 1. The fraction of sp³-hybridized carbons (Fsp3) is 0.923. The molecule has 2 rings (SSSR count). The van der Waals surface area contributed by atoms with E-state index in [1.54, 1.807) is 0 Å².